The van der Waals surface area contributed by atoms with Gasteiger partial charge in [-0.1, -0.05) is 0 Å². The van der Waals surface area contributed by atoms with Crippen LogP contribution in [0.3, 0.4) is 0 Å². The molecule has 2 N–H and O–H groups in total. The van der Waals surface area contributed by atoms with Crippen LogP contribution < -0.4 is 10.6 Å². The fourth-order valence-electron chi connectivity index (χ4n) is 1.62. The van der Waals surface area contributed by atoms with Crippen molar-refractivity contribution in [2.24, 2.45) is 0 Å². The average molecular weight is 213 g/mol. The van der Waals surface area contributed by atoms with Crippen molar-refractivity contribution in [3.8, 4) is 0 Å². The van der Waals surface area contributed by atoms with Gasteiger partial charge in [0, 0.05) is 38.6 Å². The van der Waals surface area contributed by atoms with Crippen LogP contribution in [0, 0.1) is 0 Å². The van der Waals surface area contributed by atoms with Gasteiger partial charge in [0.05, 0.1) is 0 Å². The third-order valence-corrected chi connectivity index (χ3v) is 2.93. The number of likely N-dealkylation sites (N-methyl/N-ethyl adjacent to an activating group) is 1. The molecular weight excluding hydrogens is 190 g/mol. The number of carbonyl (C=O) groups is 1. The van der Waals surface area contributed by atoms with E-state index < -0.39 is 0 Å². The van der Waals surface area contributed by atoms with E-state index in [-0.39, 0.29) is 5.91 Å². The summed E-state index contributed by atoms with van der Waals surface area (Å²) in [5, 5.41) is 6.12. The van der Waals surface area contributed by atoms with E-state index >= 15 is 0 Å². The minimum absolute atomic E-state index is 0.0416. The summed E-state index contributed by atoms with van der Waals surface area (Å²) < 4.78 is 0. The predicted octanol–water partition coefficient (Wildman–Crippen LogP) is 0.195. The van der Waals surface area contributed by atoms with Crippen LogP contribution in [0.4, 0.5) is 0 Å². The van der Waals surface area contributed by atoms with Crippen LogP contribution in [0.5, 0.6) is 0 Å². The molecule has 4 nitrogen and oxygen atoms in total. The third-order valence-electron chi connectivity index (χ3n) is 2.93. The van der Waals surface area contributed by atoms with Crippen molar-refractivity contribution in [2.45, 2.75) is 38.8 Å². The highest BCUT2D eigenvalue weighted by Crippen LogP contribution is 2.26. The van der Waals surface area contributed by atoms with Gasteiger partial charge in [0.2, 0.25) is 5.91 Å². The lowest BCUT2D eigenvalue weighted by atomic mass is 10.3. The molecule has 0 spiro atoms. The number of hydrogen-bond donors (Lipinski definition) is 2. The first kappa shape index (κ1) is 12.5. The Morgan fingerprint density at radius 1 is 1.47 bits per heavy atom. The number of amides is 1. The largest absolute Gasteiger partial charge is 0.355 e. The molecule has 0 bridgehead atoms. The fraction of sp³-hybridized carbons (Fsp3) is 0.909. The van der Waals surface area contributed by atoms with Crippen molar-refractivity contribution >= 4 is 5.91 Å². The molecule has 0 aromatic carbocycles. The van der Waals surface area contributed by atoms with E-state index in [1.54, 1.807) is 6.92 Å². The lowest BCUT2D eigenvalue weighted by Crippen LogP contribution is -2.41. The third kappa shape index (κ3) is 5.14. The van der Waals surface area contributed by atoms with E-state index in [1.165, 1.54) is 12.8 Å². The molecule has 15 heavy (non-hydrogen) atoms. The summed E-state index contributed by atoms with van der Waals surface area (Å²) in [6, 6.07) is 1.40. The molecule has 1 saturated carbocycles. The van der Waals surface area contributed by atoms with Crippen molar-refractivity contribution in [1.29, 1.82) is 0 Å². The maximum absolute atomic E-state index is 10.6. The Morgan fingerprint density at radius 2 is 2.13 bits per heavy atom. The van der Waals surface area contributed by atoms with Crippen LogP contribution in [0.1, 0.15) is 26.7 Å². The summed E-state index contributed by atoms with van der Waals surface area (Å²) in [4.78, 5) is 13.0. The summed E-state index contributed by atoms with van der Waals surface area (Å²) in [5.41, 5.74) is 0. The van der Waals surface area contributed by atoms with Crippen molar-refractivity contribution < 1.29 is 4.79 Å². The first-order valence-electron chi connectivity index (χ1n) is 5.78. The Balaban J connectivity index is 1.96. The lowest BCUT2D eigenvalue weighted by molar-refractivity contribution is -0.118. The molecule has 1 aliphatic rings. The fourth-order valence-corrected chi connectivity index (χ4v) is 1.62. The molecule has 0 heterocycles. The number of nitrogens with one attached hydrogen (secondary N) is 2. The number of rotatable bonds is 7. The van der Waals surface area contributed by atoms with E-state index in [0.717, 1.165) is 25.7 Å². The average Bonchev–Trinajstić information content (AvgIpc) is 2.98. The minimum Gasteiger partial charge on any atom is -0.355 e. The highest BCUT2D eigenvalue weighted by Gasteiger charge is 2.28. The summed E-state index contributed by atoms with van der Waals surface area (Å²) in [6.07, 6.45) is 2.71. The van der Waals surface area contributed by atoms with E-state index in [0.29, 0.717) is 6.04 Å². The summed E-state index contributed by atoms with van der Waals surface area (Å²) in [5.74, 6) is 0.0416. The molecule has 1 unspecified atom stereocenters. The topological polar surface area (TPSA) is 44.4 Å². The SMILES string of the molecule is CC(=O)NCCNCC(C)N(C)C1CC1. The Bertz CT molecular complexity index is 204. The van der Waals surface area contributed by atoms with Crippen molar-refractivity contribution in [1.82, 2.24) is 15.5 Å². The zero-order valence-electron chi connectivity index (χ0n) is 10.0. The van der Waals surface area contributed by atoms with Gasteiger partial charge in [0.25, 0.3) is 0 Å². The molecule has 1 atom stereocenters. The molecule has 0 aromatic heterocycles. The summed E-state index contributed by atoms with van der Waals surface area (Å²) in [6.45, 7) is 6.34. The molecule has 0 aromatic rings. The molecular formula is C11H23N3O. The smallest absolute Gasteiger partial charge is 0.216 e. The maximum atomic E-state index is 10.6. The van der Waals surface area contributed by atoms with E-state index in [4.69, 9.17) is 0 Å². The Hall–Kier alpha value is -0.610. The second-order valence-electron chi connectivity index (χ2n) is 4.43. The van der Waals surface area contributed by atoms with Crippen LogP contribution in [-0.2, 0) is 4.79 Å². The zero-order chi connectivity index (χ0) is 11.3. The molecule has 4 heteroatoms. The van der Waals surface area contributed by atoms with Gasteiger partial charge < -0.3 is 10.6 Å². The van der Waals surface area contributed by atoms with Gasteiger partial charge in [-0.25, -0.2) is 0 Å². The highest BCUT2D eigenvalue weighted by atomic mass is 16.1. The van der Waals surface area contributed by atoms with Gasteiger partial charge in [-0.3, -0.25) is 9.69 Å². The standard InChI is InChI=1S/C11H23N3O/c1-9(14(3)11-4-5-11)8-12-6-7-13-10(2)15/h9,11-12H,4-8H2,1-3H3,(H,13,15). The Kier molecular flexibility index (Phi) is 5.05. The van der Waals surface area contributed by atoms with Crippen molar-refractivity contribution in [3.05, 3.63) is 0 Å². The predicted molar refractivity (Wildman–Crippen MR) is 61.8 cm³/mol. The van der Waals surface area contributed by atoms with Gasteiger partial charge in [-0.05, 0) is 26.8 Å². The molecule has 1 amide bonds. The van der Waals surface area contributed by atoms with Crippen LogP contribution >= 0.6 is 0 Å². The van der Waals surface area contributed by atoms with E-state index in [2.05, 4.69) is 29.5 Å². The molecule has 0 radical (unpaired) electrons. The normalized spacial score (nSPS) is 17.9. The number of carbonyl (C=O) groups excluding carboxylic acids is 1. The van der Waals surface area contributed by atoms with E-state index in [9.17, 15) is 4.79 Å². The van der Waals surface area contributed by atoms with Gasteiger partial charge in [0.15, 0.2) is 0 Å². The number of nitrogens with zero attached hydrogens (tertiary/aromatic N) is 1. The molecule has 1 rings (SSSR count). The first-order valence-corrected chi connectivity index (χ1v) is 5.78. The van der Waals surface area contributed by atoms with Gasteiger partial charge >= 0.3 is 0 Å². The molecule has 1 fully saturated rings. The van der Waals surface area contributed by atoms with Gasteiger partial charge in [-0.2, -0.15) is 0 Å². The monoisotopic (exact) mass is 213 g/mol. The van der Waals surface area contributed by atoms with Crippen LogP contribution in [0.25, 0.3) is 0 Å². The van der Waals surface area contributed by atoms with Crippen molar-refractivity contribution in [2.75, 3.05) is 26.7 Å². The summed E-state index contributed by atoms with van der Waals surface area (Å²) >= 11 is 0. The van der Waals surface area contributed by atoms with Crippen LogP contribution in [0.2, 0.25) is 0 Å². The second kappa shape index (κ2) is 6.08. The van der Waals surface area contributed by atoms with Crippen LogP contribution in [-0.4, -0.2) is 49.6 Å². The molecule has 88 valence electrons. The first-order chi connectivity index (χ1) is 7.11. The molecule has 1 aliphatic carbocycles. The zero-order valence-corrected chi connectivity index (χ0v) is 10.0. The quantitative estimate of drug-likeness (QED) is 0.594. The summed E-state index contributed by atoms with van der Waals surface area (Å²) in [7, 11) is 2.19. The number of hydrogen-bond acceptors (Lipinski definition) is 3. The molecule has 0 aliphatic heterocycles. The lowest BCUT2D eigenvalue weighted by Gasteiger charge is -2.24. The minimum atomic E-state index is 0.0416. The highest BCUT2D eigenvalue weighted by molar-refractivity contribution is 5.72. The molecule has 0 saturated heterocycles. The van der Waals surface area contributed by atoms with Crippen molar-refractivity contribution in [3.63, 3.8) is 0 Å². The van der Waals surface area contributed by atoms with Crippen LogP contribution in [0.15, 0.2) is 0 Å². The Morgan fingerprint density at radius 3 is 2.67 bits per heavy atom. The van der Waals surface area contributed by atoms with E-state index in [1.807, 2.05) is 0 Å². The maximum Gasteiger partial charge on any atom is 0.216 e. The van der Waals surface area contributed by atoms with Gasteiger partial charge in [-0.15, -0.1) is 0 Å². The van der Waals surface area contributed by atoms with Gasteiger partial charge in [0.1, 0.15) is 0 Å². The second-order valence-corrected chi connectivity index (χ2v) is 4.43. The Labute approximate surface area is 92.4 Å².